The molecule has 280 valence electrons. The second-order valence-corrected chi connectivity index (χ2v) is 14.7. The molecule has 0 radical (unpaired) electrons. The Morgan fingerprint density at radius 3 is 2.11 bits per heavy atom. The Morgan fingerprint density at radius 2 is 1.52 bits per heavy atom. The summed E-state index contributed by atoms with van der Waals surface area (Å²) in [5.74, 6) is -1.55. The molecule has 0 amide bonds. The SMILES string of the molecule is Cc1ccc(C(=O)OC[C@H]2O[C@@H](n3c(=O)c(C)nc4c(OCCc5ccc([N+](=O)[O-])cc5)nc(S(C)(=O)=O)nc43)C[C@@H]2OC(=O)c2ccc(C)cc2)cc1. The normalized spacial score (nSPS) is 16.9. The first-order chi connectivity index (χ1) is 25.7. The molecule has 0 saturated carbocycles. The number of aromatic nitrogens is 4. The van der Waals surface area contributed by atoms with E-state index >= 15 is 0 Å². The van der Waals surface area contributed by atoms with Crippen LogP contribution in [0, 0.1) is 30.9 Å². The molecule has 16 nitrogen and oxygen atoms in total. The van der Waals surface area contributed by atoms with Crippen LogP contribution in [-0.2, 0) is 30.5 Å². The van der Waals surface area contributed by atoms with E-state index in [1.54, 1.807) is 60.7 Å². The first kappa shape index (κ1) is 37.7. The lowest BCUT2D eigenvalue weighted by molar-refractivity contribution is -0.384. The van der Waals surface area contributed by atoms with Crippen molar-refractivity contribution in [2.75, 3.05) is 19.5 Å². The van der Waals surface area contributed by atoms with Gasteiger partial charge in [-0.3, -0.25) is 19.5 Å². The summed E-state index contributed by atoms with van der Waals surface area (Å²) < 4.78 is 50.3. The number of carbonyl (C=O) groups is 2. The number of ether oxygens (including phenoxy) is 4. The molecule has 54 heavy (non-hydrogen) atoms. The fourth-order valence-electron chi connectivity index (χ4n) is 5.70. The van der Waals surface area contributed by atoms with Gasteiger partial charge in [-0.25, -0.2) is 23.0 Å². The highest BCUT2D eigenvalue weighted by Crippen LogP contribution is 2.34. The lowest BCUT2D eigenvalue weighted by atomic mass is 10.1. The zero-order chi connectivity index (χ0) is 38.7. The van der Waals surface area contributed by atoms with Gasteiger partial charge in [0.1, 0.15) is 30.7 Å². The molecule has 3 aromatic carbocycles. The summed E-state index contributed by atoms with van der Waals surface area (Å²) in [6.07, 6.45) is -2.24. The van der Waals surface area contributed by atoms with Crippen LogP contribution in [0.3, 0.4) is 0 Å². The molecule has 1 aliphatic heterocycles. The van der Waals surface area contributed by atoms with E-state index in [0.717, 1.165) is 21.9 Å². The predicted molar refractivity (Wildman–Crippen MR) is 192 cm³/mol. The van der Waals surface area contributed by atoms with E-state index in [1.165, 1.54) is 19.1 Å². The van der Waals surface area contributed by atoms with Crippen molar-refractivity contribution in [3.05, 3.63) is 127 Å². The number of hydrogen-bond donors (Lipinski definition) is 0. The zero-order valence-electron chi connectivity index (χ0n) is 29.6. The Kier molecular flexibility index (Phi) is 10.8. The van der Waals surface area contributed by atoms with Crippen LogP contribution in [-0.4, -0.2) is 76.5 Å². The number of sulfone groups is 1. The van der Waals surface area contributed by atoms with E-state index in [0.29, 0.717) is 11.1 Å². The molecule has 0 N–H and O–H groups in total. The largest absolute Gasteiger partial charge is 0.476 e. The van der Waals surface area contributed by atoms with Gasteiger partial charge in [0.05, 0.1) is 22.7 Å². The van der Waals surface area contributed by atoms with Gasteiger partial charge >= 0.3 is 11.9 Å². The van der Waals surface area contributed by atoms with Gasteiger partial charge in [0, 0.05) is 31.2 Å². The van der Waals surface area contributed by atoms with Crippen LogP contribution in [0.25, 0.3) is 11.2 Å². The second-order valence-electron chi connectivity index (χ2n) is 12.8. The summed E-state index contributed by atoms with van der Waals surface area (Å²) in [5, 5.41) is 10.4. The molecule has 1 aliphatic rings. The zero-order valence-corrected chi connectivity index (χ0v) is 30.4. The van der Waals surface area contributed by atoms with Crippen molar-refractivity contribution in [3.63, 3.8) is 0 Å². The first-order valence-electron chi connectivity index (χ1n) is 16.7. The third-order valence-corrected chi connectivity index (χ3v) is 9.48. The number of nitrogens with zero attached hydrogens (tertiary/aromatic N) is 5. The number of benzene rings is 3. The van der Waals surface area contributed by atoms with E-state index in [9.17, 15) is 32.9 Å². The van der Waals surface area contributed by atoms with Crippen molar-refractivity contribution >= 4 is 38.6 Å². The molecule has 3 heterocycles. The Hall–Kier alpha value is -6.07. The highest BCUT2D eigenvalue weighted by atomic mass is 32.2. The molecule has 1 fully saturated rings. The van der Waals surface area contributed by atoms with Crippen LogP contribution < -0.4 is 10.3 Å². The Bertz CT molecular complexity index is 2400. The monoisotopic (exact) mass is 757 g/mol. The van der Waals surface area contributed by atoms with Crippen molar-refractivity contribution in [2.24, 2.45) is 0 Å². The summed E-state index contributed by atoms with van der Waals surface area (Å²) in [6, 6.07) is 19.3. The predicted octanol–water partition coefficient (Wildman–Crippen LogP) is 4.42. The number of nitro groups is 1. The van der Waals surface area contributed by atoms with Crippen LogP contribution in [0.15, 0.2) is 82.7 Å². The summed E-state index contributed by atoms with van der Waals surface area (Å²) in [7, 11) is -4.07. The number of nitro benzene ring substituents is 1. The van der Waals surface area contributed by atoms with Crippen molar-refractivity contribution in [1.82, 2.24) is 19.5 Å². The third-order valence-electron chi connectivity index (χ3n) is 8.64. The van der Waals surface area contributed by atoms with Crippen LogP contribution in [0.5, 0.6) is 5.88 Å². The van der Waals surface area contributed by atoms with E-state index < -0.39 is 55.9 Å². The molecular formula is C37H35N5O11S. The summed E-state index contributed by atoms with van der Waals surface area (Å²) in [4.78, 5) is 63.2. The lowest BCUT2D eigenvalue weighted by Crippen LogP contribution is -2.32. The molecular weight excluding hydrogens is 722 g/mol. The number of fused-ring (bicyclic) bond motifs is 1. The van der Waals surface area contributed by atoms with E-state index in [-0.39, 0.29) is 60.0 Å². The molecule has 1 saturated heterocycles. The fraction of sp³-hybridized carbons (Fsp3) is 0.297. The van der Waals surface area contributed by atoms with Crippen LogP contribution in [0.1, 0.15) is 55.7 Å². The summed E-state index contributed by atoms with van der Waals surface area (Å²) in [5.41, 5.74) is 2.08. The van der Waals surface area contributed by atoms with Crippen molar-refractivity contribution in [2.45, 2.75) is 57.2 Å². The van der Waals surface area contributed by atoms with Gasteiger partial charge in [-0.1, -0.05) is 47.5 Å². The third kappa shape index (κ3) is 8.42. The molecule has 6 rings (SSSR count). The van der Waals surface area contributed by atoms with Gasteiger partial charge < -0.3 is 18.9 Å². The van der Waals surface area contributed by atoms with Crippen LogP contribution >= 0.6 is 0 Å². The number of non-ortho nitro benzene ring substituents is 1. The van der Waals surface area contributed by atoms with E-state index in [4.69, 9.17) is 18.9 Å². The average molecular weight is 758 g/mol. The minimum Gasteiger partial charge on any atom is -0.476 e. The lowest BCUT2D eigenvalue weighted by Gasteiger charge is -2.19. The maximum atomic E-state index is 13.8. The van der Waals surface area contributed by atoms with Gasteiger partial charge in [0.2, 0.25) is 15.7 Å². The molecule has 3 atom stereocenters. The van der Waals surface area contributed by atoms with Crippen LogP contribution in [0.4, 0.5) is 5.69 Å². The maximum Gasteiger partial charge on any atom is 0.338 e. The number of rotatable bonds is 12. The van der Waals surface area contributed by atoms with E-state index in [2.05, 4.69) is 15.0 Å². The molecule has 0 spiro atoms. The molecule has 17 heteroatoms. The van der Waals surface area contributed by atoms with E-state index in [1.807, 2.05) is 13.8 Å². The number of hydrogen-bond acceptors (Lipinski definition) is 14. The van der Waals surface area contributed by atoms with Crippen molar-refractivity contribution in [3.8, 4) is 5.88 Å². The van der Waals surface area contributed by atoms with Gasteiger partial charge in [0.15, 0.2) is 11.2 Å². The molecule has 0 aliphatic carbocycles. The minimum absolute atomic E-state index is 0.0236. The van der Waals surface area contributed by atoms with Gasteiger partial charge in [0.25, 0.3) is 16.4 Å². The molecule has 2 aromatic heterocycles. The average Bonchev–Trinajstić information content (AvgIpc) is 3.53. The smallest absolute Gasteiger partial charge is 0.338 e. The van der Waals surface area contributed by atoms with Crippen LogP contribution in [0.2, 0.25) is 0 Å². The topological polar surface area (TPSA) is 209 Å². The standard InChI is InChI=1S/C37H35N5O11S/c1-21-5-11-25(12-6-21)35(44)51-20-29-28(53-36(45)26-13-7-22(2)8-14-26)19-30(52-29)41-32-31(38-23(3)34(41)43)33(40-37(39-32)54(4,48)49)50-18-17-24-9-15-27(16-10-24)42(46)47/h5-16,28-30H,17-20H2,1-4H3/t28-,29+,30+/m0/s1. The molecule has 0 bridgehead atoms. The minimum atomic E-state index is -4.07. The second kappa shape index (κ2) is 15.5. The van der Waals surface area contributed by atoms with Gasteiger partial charge in [-0.15, -0.1) is 0 Å². The number of carbonyl (C=O) groups excluding carboxylic acids is 2. The fourth-order valence-corrected chi connectivity index (χ4v) is 6.20. The Morgan fingerprint density at radius 1 is 0.907 bits per heavy atom. The first-order valence-corrected chi connectivity index (χ1v) is 18.6. The molecule has 5 aromatic rings. The Labute approximate surface area is 308 Å². The number of esters is 2. The summed E-state index contributed by atoms with van der Waals surface area (Å²) >= 11 is 0. The highest BCUT2D eigenvalue weighted by Gasteiger charge is 2.42. The van der Waals surface area contributed by atoms with Gasteiger partial charge in [-0.05, 0) is 50.6 Å². The Balaban J connectivity index is 1.34. The highest BCUT2D eigenvalue weighted by molar-refractivity contribution is 7.90. The van der Waals surface area contributed by atoms with Crippen molar-refractivity contribution < 1.29 is 41.9 Å². The quantitative estimate of drug-likeness (QED) is 0.0747. The summed E-state index contributed by atoms with van der Waals surface area (Å²) in [6.45, 7) is 4.79. The van der Waals surface area contributed by atoms with Gasteiger partial charge in [-0.2, -0.15) is 9.97 Å². The molecule has 0 unspecified atom stereocenters. The maximum absolute atomic E-state index is 13.8. The number of aryl methyl sites for hydroxylation is 3. The van der Waals surface area contributed by atoms with Crippen molar-refractivity contribution in [1.29, 1.82) is 0 Å².